The molecule has 0 spiro atoms. The van der Waals surface area contributed by atoms with E-state index in [4.69, 9.17) is 18.9 Å². The number of Topliss-reactive ketones (excluding diaryl/α,β-unsaturated/α-hetero) is 1. The summed E-state index contributed by atoms with van der Waals surface area (Å²) >= 11 is 0. The Kier molecular flexibility index (Phi) is 5.35. The fourth-order valence-corrected chi connectivity index (χ4v) is 3.86. The highest BCUT2D eigenvalue weighted by Gasteiger charge is 2.33. The first kappa shape index (κ1) is 20.8. The van der Waals surface area contributed by atoms with Crippen LogP contribution in [0.15, 0.2) is 36.4 Å². The lowest BCUT2D eigenvalue weighted by atomic mass is 9.98. The van der Waals surface area contributed by atoms with E-state index in [-0.39, 0.29) is 30.4 Å². The van der Waals surface area contributed by atoms with Gasteiger partial charge in [-0.3, -0.25) is 9.59 Å². The van der Waals surface area contributed by atoms with Crippen molar-refractivity contribution in [2.45, 2.75) is 25.9 Å². The van der Waals surface area contributed by atoms with Crippen LogP contribution in [0.3, 0.4) is 0 Å². The smallest absolute Gasteiger partial charge is 0.252 e. The molecule has 0 saturated carbocycles. The van der Waals surface area contributed by atoms with Gasteiger partial charge in [0.1, 0.15) is 23.7 Å². The second-order valence-electron chi connectivity index (χ2n) is 8.10. The Hall–Kier alpha value is -3.48. The van der Waals surface area contributed by atoms with Crippen molar-refractivity contribution in [2.75, 3.05) is 27.4 Å². The maximum atomic E-state index is 12.8. The lowest BCUT2D eigenvalue weighted by molar-refractivity contribution is -0.115. The maximum absolute atomic E-state index is 12.8. The fourth-order valence-electron chi connectivity index (χ4n) is 3.86. The van der Waals surface area contributed by atoms with Crippen LogP contribution in [0.25, 0.3) is 5.57 Å². The van der Waals surface area contributed by atoms with Crippen LogP contribution in [0, 0.1) is 0 Å². The standard InChI is InChI=1S/C24H25NO6/c1-24(2)12-15-9-14(10-21(29-4)22(15)31-24)19(26)13-25-23(27)18-7-8-30-20-11-16(28-3)5-6-17(18)20/h5-7,9-11H,8,12-13H2,1-4H3,(H,25,27). The monoisotopic (exact) mass is 423 g/mol. The molecule has 0 radical (unpaired) electrons. The van der Waals surface area contributed by atoms with Gasteiger partial charge in [0.25, 0.3) is 5.91 Å². The minimum absolute atomic E-state index is 0.130. The predicted octanol–water partition coefficient (Wildman–Crippen LogP) is 3.19. The number of methoxy groups -OCH3 is 2. The Balaban J connectivity index is 1.48. The quantitative estimate of drug-likeness (QED) is 0.719. The van der Waals surface area contributed by atoms with Gasteiger partial charge in [0.2, 0.25) is 0 Å². The number of hydrogen-bond acceptors (Lipinski definition) is 6. The van der Waals surface area contributed by atoms with Crippen molar-refractivity contribution in [1.82, 2.24) is 5.32 Å². The third kappa shape index (κ3) is 4.08. The molecule has 0 unspecified atom stereocenters. The normalized spacial score (nSPS) is 15.5. The molecule has 31 heavy (non-hydrogen) atoms. The molecule has 1 N–H and O–H groups in total. The number of rotatable bonds is 6. The molecule has 162 valence electrons. The van der Waals surface area contributed by atoms with Gasteiger partial charge in [-0.1, -0.05) is 0 Å². The topological polar surface area (TPSA) is 83.1 Å². The zero-order valence-electron chi connectivity index (χ0n) is 18.0. The SMILES string of the molecule is COc1ccc2c(c1)OCC=C2C(=O)NCC(=O)c1cc2c(c(OC)c1)OC(C)(C)C2. The Bertz CT molecular complexity index is 1090. The number of amides is 1. The molecule has 0 fully saturated rings. The summed E-state index contributed by atoms with van der Waals surface area (Å²) in [4.78, 5) is 25.6. The maximum Gasteiger partial charge on any atom is 0.252 e. The molecular weight excluding hydrogens is 398 g/mol. The second kappa shape index (κ2) is 7.98. The van der Waals surface area contributed by atoms with Crippen molar-refractivity contribution in [3.8, 4) is 23.0 Å². The number of benzene rings is 2. The van der Waals surface area contributed by atoms with Crippen LogP contribution in [0.1, 0.15) is 35.3 Å². The van der Waals surface area contributed by atoms with Crippen LogP contribution < -0.4 is 24.3 Å². The zero-order chi connectivity index (χ0) is 22.2. The summed E-state index contributed by atoms with van der Waals surface area (Å²) in [5, 5.41) is 2.73. The number of nitrogens with one attached hydrogen (secondary N) is 1. The molecule has 7 nitrogen and oxygen atoms in total. The van der Waals surface area contributed by atoms with Gasteiger partial charge in [-0.2, -0.15) is 0 Å². The fraction of sp³-hybridized carbons (Fsp3) is 0.333. The van der Waals surface area contributed by atoms with Crippen molar-refractivity contribution < 1.29 is 28.5 Å². The lowest BCUT2D eigenvalue weighted by Crippen LogP contribution is -2.31. The van der Waals surface area contributed by atoms with Crippen LogP contribution in [0.5, 0.6) is 23.0 Å². The molecule has 2 heterocycles. The van der Waals surface area contributed by atoms with E-state index in [1.807, 2.05) is 19.9 Å². The van der Waals surface area contributed by atoms with E-state index in [1.54, 1.807) is 44.6 Å². The summed E-state index contributed by atoms with van der Waals surface area (Å²) in [6.45, 7) is 4.12. The highest BCUT2D eigenvalue weighted by Crippen LogP contribution is 2.42. The number of ketones is 1. The molecule has 0 aromatic heterocycles. The van der Waals surface area contributed by atoms with Crippen molar-refractivity contribution in [3.05, 3.63) is 53.1 Å². The summed E-state index contributed by atoms with van der Waals surface area (Å²) < 4.78 is 22.2. The summed E-state index contributed by atoms with van der Waals surface area (Å²) in [5.41, 5.74) is 2.18. The zero-order valence-corrected chi connectivity index (χ0v) is 18.0. The summed E-state index contributed by atoms with van der Waals surface area (Å²) in [7, 11) is 3.12. The number of hydrogen-bond donors (Lipinski definition) is 1. The molecule has 4 rings (SSSR count). The first-order chi connectivity index (χ1) is 14.8. The molecule has 0 saturated heterocycles. The summed E-state index contributed by atoms with van der Waals surface area (Å²) in [5.74, 6) is 1.88. The van der Waals surface area contributed by atoms with Gasteiger partial charge in [-0.25, -0.2) is 0 Å². The lowest BCUT2D eigenvalue weighted by Gasteiger charge is -2.19. The number of ether oxygens (including phenoxy) is 4. The van der Waals surface area contributed by atoms with Gasteiger partial charge in [0.05, 0.1) is 20.8 Å². The Labute approximate surface area is 180 Å². The Morgan fingerprint density at radius 2 is 1.94 bits per heavy atom. The van der Waals surface area contributed by atoms with Crippen LogP contribution in [-0.4, -0.2) is 44.7 Å². The first-order valence-corrected chi connectivity index (χ1v) is 10.0. The highest BCUT2D eigenvalue weighted by molar-refractivity contribution is 6.21. The molecule has 7 heteroatoms. The second-order valence-corrected chi connectivity index (χ2v) is 8.10. The van der Waals surface area contributed by atoms with Gasteiger partial charge in [0, 0.05) is 34.8 Å². The van der Waals surface area contributed by atoms with E-state index in [0.29, 0.717) is 46.1 Å². The molecule has 2 aliphatic heterocycles. The third-order valence-corrected chi connectivity index (χ3v) is 5.33. The van der Waals surface area contributed by atoms with Gasteiger partial charge in [-0.05, 0) is 44.2 Å². The van der Waals surface area contributed by atoms with Crippen molar-refractivity contribution in [1.29, 1.82) is 0 Å². The van der Waals surface area contributed by atoms with E-state index in [0.717, 1.165) is 5.56 Å². The van der Waals surface area contributed by atoms with Crippen molar-refractivity contribution in [2.24, 2.45) is 0 Å². The van der Waals surface area contributed by atoms with E-state index in [2.05, 4.69) is 5.32 Å². The average molecular weight is 423 g/mol. The van der Waals surface area contributed by atoms with Crippen LogP contribution in [-0.2, 0) is 11.2 Å². The summed E-state index contributed by atoms with van der Waals surface area (Å²) in [6.07, 6.45) is 2.38. The molecule has 0 aliphatic carbocycles. The molecule has 2 aromatic carbocycles. The largest absolute Gasteiger partial charge is 0.497 e. The van der Waals surface area contributed by atoms with Crippen molar-refractivity contribution in [3.63, 3.8) is 0 Å². The average Bonchev–Trinajstić information content (AvgIpc) is 3.09. The third-order valence-electron chi connectivity index (χ3n) is 5.33. The van der Waals surface area contributed by atoms with E-state index < -0.39 is 0 Å². The number of carbonyl (C=O) groups is 2. The molecule has 1 amide bonds. The summed E-state index contributed by atoms with van der Waals surface area (Å²) in [6, 6.07) is 8.75. The van der Waals surface area contributed by atoms with Gasteiger partial charge in [0.15, 0.2) is 17.3 Å². The molecule has 2 aromatic rings. The molecule has 0 atom stereocenters. The van der Waals surface area contributed by atoms with Crippen molar-refractivity contribution >= 4 is 17.3 Å². The number of carbonyl (C=O) groups excluding carboxylic acids is 2. The minimum atomic E-state index is -0.350. The molecule has 2 aliphatic rings. The van der Waals surface area contributed by atoms with Gasteiger partial charge >= 0.3 is 0 Å². The molecular formula is C24H25NO6. The van der Waals surface area contributed by atoms with Crippen LogP contribution in [0.4, 0.5) is 0 Å². The van der Waals surface area contributed by atoms with Gasteiger partial charge < -0.3 is 24.3 Å². The Morgan fingerprint density at radius 1 is 1.13 bits per heavy atom. The van der Waals surface area contributed by atoms with Crippen LogP contribution in [0.2, 0.25) is 0 Å². The highest BCUT2D eigenvalue weighted by atomic mass is 16.5. The Morgan fingerprint density at radius 3 is 2.68 bits per heavy atom. The first-order valence-electron chi connectivity index (χ1n) is 10.0. The van der Waals surface area contributed by atoms with E-state index in [1.165, 1.54) is 0 Å². The van der Waals surface area contributed by atoms with E-state index in [9.17, 15) is 9.59 Å². The minimum Gasteiger partial charge on any atom is -0.497 e. The van der Waals surface area contributed by atoms with E-state index >= 15 is 0 Å². The number of fused-ring (bicyclic) bond motifs is 2. The predicted molar refractivity (Wildman–Crippen MR) is 115 cm³/mol. The van der Waals surface area contributed by atoms with Crippen LogP contribution >= 0.6 is 0 Å². The molecule has 0 bridgehead atoms. The van der Waals surface area contributed by atoms with Gasteiger partial charge in [-0.15, -0.1) is 0 Å².